The number of β-amino-alcohol motifs (C(OH)–C–C–N with tert-alkyl or cyclic N) is 1. The predicted octanol–water partition coefficient (Wildman–Crippen LogP) is 2.17. The highest BCUT2D eigenvalue weighted by atomic mass is 16.5. The van der Waals surface area contributed by atoms with E-state index in [2.05, 4.69) is 40.1 Å². The van der Waals surface area contributed by atoms with Gasteiger partial charge in [-0.2, -0.15) is 0 Å². The molecule has 2 saturated heterocycles. The van der Waals surface area contributed by atoms with Crippen LogP contribution in [0.25, 0.3) is 0 Å². The van der Waals surface area contributed by atoms with Gasteiger partial charge in [0.1, 0.15) is 0 Å². The number of aryl methyl sites for hydroxylation is 1. The number of benzene rings is 1. The van der Waals surface area contributed by atoms with Crippen LogP contribution >= 0.6 is 0 Å². The van der Waals surface area contributed by atoms with Crippen molar-refractivity contribution < 1.29 is 9.84 Å². The summed E-state index contributed by atoms with van der Waals surface area (Å²) in [4.78, 5) is 4.87. The van der Waals surface area contributed by atoms with Gasteiger partial charge in [0, 0.05) is 32.2 Å². The molecule has 24 heavy (non-hydrogen) atoms. The van der Waals surface area contributed by atoms with E-state index < -0.39 is 0 Å². The average Bonchev–Trinajstić information content (AvgIpc) is 2.63. The number of nitrogens with zero attached hydrogens (tertiary/aromatic N) is 2. The molecule has 2 unspecified atom stereocenters. The highest BCUT2D eigenvalue weighted by Gasteiger charge is 2.25. The quantitative estimate of drug-likeness (QED) is 0.830. The summed E-state index contributed by atoms with van der Waals surface area (Å²) in [5.41, 5.74) is 1.43. The van der Waals surface area contributed by atoms with Gasteiger partial charge in [-0.3, -0.25) is 9.80 Å². The minimum absolute atomic E-state index is 0.250. The summed E-state index contributed by atoms with van der Waals surface area (Å²) in [7, 11) is 0. The third-order valence-electron chi connectivity index (χ3n) is 5.38. The van der Waals surface area contributed by atoms with E-state index in [1.807, 2.05) is 0 Å². The van der Waals surface area contributed by atoms with Crippen LogP contribution in [-0.4, -0.2) is 73.0 Å². The predicted molar refractivity (Wildman–Crippen MR) is 97.2 cm³/mol. The van der Waals surface area contributed by atoms with Crippen molar-refractivity contribution in [3.63, 3.8) is 0 Å². The fourth-order valence-electron chi connectivity index (χ4n) is 4.02. The molecule has 2 aliphatic rings. The lowest BCUT2D eigenvalue weighted by Gasteiger charge is -2.38. The zero-order chi connectivity index (χ0) is 16.6. The van der Waals surface area contributed by atoms with Crippen molar-refractivity contribution in [1.82, 2.24) is 9.80 Å². The molecule has 4 nitrogen and oxygen atoms in total. The molecule has 0 saturated carbocycles. The van der Waals surface area contributed by atoms with E-state index in [1.54, 1.807) is 0 Å². The summed E-state index contributed by atoms with van der Waals surface area (Å²) in [6.45, 7) is 6.25. The molecule has 3 rings (SSSR count). The fourth-order valence-corrected chi connectivity index (χ4v) is 4.02. The molecule has 0 radical (unpaired) electrons. The third kappa shape index (κ3) is 5.55. The topological polar surface area (TPSA) is 35.9 Å². The van der Waals surface area contributed by atoms with E-state index in [0.29, 0.717) is 6.04 Å². The Balaban J connectivity index is 1.46. The number of piperidine rings is 1. The van der Waals surface area contributed by atoms with E-state index in [9.17, 15) is 5.11 Å². The van der Waals surface area contributed by atoms with E-state index in [4.69, 9.17) is 4.74 Å². The Morgan fingerprint density at radius 1 is 1.04 bits per heavy atom. The first-order valence-corrected chi connectivity index (χ1v) is 9.57. The summed E-state index contributed by atoms with van der Waals surface area (Å²) in [6.07, 6.45) is 5.97. The Morgan fingerprint density at radius 2 is 1.83 bits per heavy atom. The van der Waals surface area contributed by atoms with E-state index in [0.717, 1.165) is 52.4 Å². The number of hydrogen-bond donors (Lipinski definition) is 1. The minimum Gasteiger partial charge on any atom is -0.390 e. The van der Waals surface area contributed by atoms with Gasteiger partial charge in [0.05, 0.1) is 19.3 Å². The smallest absolute Gasteiger partial charge is 0.0793 e. The van der Waals surface area contributed by atoms with Crippen LogP contribution < -0.4 is 0 Å². The van der Waals surface area contributed by atoms with Crippen LogP contribution in [0.3, 0.4) is 0 Å². The molecule has 1 aromatic carbocycles. The Hall–Kier alpha value is -0.940. The van der Waals surface area contributed by atoms with Crippen LogP contribution in [0.4, 0.5) is 0 Å². The van der Waals surface area contributed by atoms with Crippen molar-refractivity contribution in [2.45, 2.75) is 44.2 Å². The molecule has 2 aliphatic heterocycles. The van der Waals surface area contributed by atoms with Gasteiger partial charge in [-0.1, -0.05) is 36.8 Å². The number of hydrogen-bond acceptors (Lipinski definition) is 4. The summed E-state index contributed by atoms with van der Waals surface area (Å²) in [5.74, 6) is 0. The number of ether oxygens (including phenoxy) is 1. The van der Waals surface area contributed by atoms with Crippen LogP contribution in [0.5, 0.6) is 0 Å². The molecule has 0 aliphatic carbocycles. The minimum atomic E-state index is -0.250. The molecule has 1 N–H and O–H groups in total. The molecule has 134 valence electrons. The van der Waals surface area contributed by atoms with Crippen LogP contribution in [0, 0.1) is 0 Å². The highest BCUT2D eigenvalue weighted by Crippen LogP contribution is 2.21. The van der Waals surface area contributed by atoms with Crippen molar-refractivity contribution in [2.24, 2.45) is 0 Å². The fraction of sp³-hybridized carbons (Fsp3) is 0.700. The van der Waals surface area contributed by atoms with Crippen molar-refractivity contribution in [2.75, 3.05) is 45.9 Å². The van der Waals surface area contributed by atoms with Crippen molar-refractivity contribution in [3.05, 3.63) is 35.9 Å². The molecule has 0 aromatic heterocycles. The Morgan fingerprint density at radius 3 is 2.62 bits per heavy atom. The summed E-state index contributed by atoms with van der Waals surface area (Å²) >= 11 is 0. The molecule has 2 atom stereocenters. The average molecular weight is 332 g/mol. The standard InChI is InChI=1S/C20H32N2O2/c23-20(16-21-12-14-24-15-13-21)17-22-11-5-4-8-19(22)10-9-18-6-2-1-3-7-18/h1-3,6-7,19-20,23H,4-5,8-17H2. The highest BCUT2D eigenvalue weighted by molar-refractivity contribution is 5.14. The molecule has 0 bridgehead atoms. The van der Waals surface area contributed by atoms with E-state index in [1.165, 1.54) is 31.2 Å². The maximum absolute atomic E-state index is 10.5. The molecule has 2 heterocycles. The number of likely N-dealkylation sites (tertiary alicyclic amines) is 1. The summed E-state index contributed by atoms with van der Waals surface area (Å²) < 4.78 is 5.39. The molecule has 4 heteroatoms. The Bertz CT molecular complexity index is 462. The first-order chi connectivity index (χ1) is 11.8. The lowest BCUT2D eigenvalue weighted by atomic mass is 9.95. The first kappa shape index (κ1) is 17.9. The van der Waals surface area contributed by atoms with Crippen LogP contribution in [0.15, 0.2) is 30.3 Å². The van der Waals surface area contributed by atoms with Crippen LogP contribution in [0.2, 0.25) is 0 Å². The SMILES string of the molecule is OC(CN1CCOCC1)CN1CCCCC1CCc1ccccc1. The molecule has 2 fully saturated rings. The molecule has 0 amide bonds. The van der Waals surface area contributed by atoms with Gasteiger partial charge >= 0.3 is 0 Å². The number of morpholine rings is 1. The number of rotatable bonds is 7. The summed E-state index contributed by atoms with van der Waals surface area (Å²) in [6, 6.07) is 11.4. The number of aliphatic hydroxyl groups is 1. The lowest BCUT2D eigenvalue weighted by Crippen LogP contribution is -2.48. The van der Waals surface area contributed by atoms with Gasteiger partial charge in [0.2, 0.25) is 0 Å². The molecular weight excluding hydrogens is 300 g/mol. The zero-order valence-corrected chi connectivity index (χ0v) is 14.8. The van der Waals surface area contributed by atoms with Gasteiger partial charge in [-0.25, -0.2) is 0 Å². The first-order valence-electron chi connectivity index (χ1n) is 9.57. The monoisotopic (exact) mass is 332 g/mol. The van der Waals surface area contributed by atoms with Gasteiger partial charge in [0.25, 0.3) is 0 Å². The van der Waals surface area contributed by atoms with Crippen LogP contribution in [0.1, 0.15) is 31.2 Å². The molecule has 0 spiro atoms. The van der Waals surface area contributed by atoms with Crippen LogP contribution in [-0.2, 0) is 11.2 Å². The van der Waals surface area contributed by atoms with Gasteiger partial charge < -0.3 is 9.84 Å². The maximum Gasteiger partial charge on any atom is 0.0793 e. The normalized spacial score (nSPS) is 24.8. The largest absolute Gasteiger partial charge is 0.390 e. The Labute approximate surface area is 146 Å². The van der Waals surface area contributed by atoms with Gasteiger partial charge in [-0.05, 0) is 37.8 Å². The Kier molecular flexibility index (Phi) is 7.09. The molecular formula is C20H32N2O2. The van der Waals surface area contributed by atoms with Crippen molar-refractivity contribution in [1.29, 1.82) is 0 Å². The van der Waals surface area contributed by atoms with E-state index >= 15 is 0 Å². The van der Waals surface area contributed by atoms with Crippen molar-refractivity contribution >= 4 is 0 Å². The number of aliphatic hydroxyl groups excluding tert-OH is 1. The second kappa shape index (κ2) is 9.52. The van der Waals surface area contributed by atoms with Gasteiger partial charge in [0.15, 0.2) is 0 Å². The second-order valence-corrected chi connectivity index (χ2v) is 7.24. The maximum atomic E-state index is 10.5. The zero-order valence-electron chi connectivity index (χ0n) is 14.8. The summed E-state index contributed by atoms with van der Waals surface area (Å²) in [5, 5.41) is 10.5. The second-order valence-electron chi connectivity index (χ2n) is 7.24. The lowest BCUT2D eigenvalue weighted by molar-refractivity contribution is -0.000896. The van der Waals surface area contributed by atoms with Gasteiger partial charge in [-0.15, -0.1) is 0 Å². The van der Waals surface area contributed by atoms with E-state index in [-0.39, 0.29) is 6.10 Å². The third-order valence-corrected chi connectivity index (χ3v) is 5.38. The van der Waals surface area contributed by atoms with Crippen molar-refractivity contribution in [3.8, 4) is 0 Å². The molecule has 1 aromatic rings.